The van der Waals surface area contributed by atoms with Crippen LogP contribution in [0.4, 0.5) is 8.78 Å². The summed E-state index contributed by atoms with van der Waals surface area (Å²) in [6, 6.07) is 6.47. The van der Waals surface area contributed by atoms with Crippen molar-refractivity contribution < 1.29 is 13.6 Å². The maximum Gasteiger partial charge on any atom is 0.263 e. The number of allylic oxidation sites excluding steroid dienone is 4. The summed E-state index contributed by atoms with van der Waals surface area (Å²) in [6.45, 7) is 6.18. The highest BCUT2D eigenvalue weighted by Gasteiger charge is 2.30. The number of hydrogen-bond donors (Lipinski definition) is 2. The van der Waals surface area contributed by atoms with Gasteiger partial charge < -0.3 is 10.6 Å². The molecule has 1 amide bonds. The van der Waals surface area contributed by atoms with Crippen molar-refractivity contribution >= 4 is 6.41 Å². The molecule has 5 heteroatoms. The molecule has 1 aliphatic heterocycles. The Labute approximate surface area is 159 Å². The summed E-state index contributed by atoms with van der Waals surface area (Å²) in [5.74, 6) is 0.564. The molecule has 1 fully saturated rings. The van der Waals surface area contributed by atoms with Crippen LogP contribution in [-0.2, 0) is 4.79 Å². The normalized spacial score (nSPS) is 19.0. The Kier molecular flexibility index (Phi) is 6.09. The number of benzene rings is 1. The van der Waals surface area contributed by atoms with Crippen LogP contribution in [0.3, 0.4) is 0 Å². The number of halogens is 2. The first-order valence-electron chi connectivity index (χ1n) is 9.49. The predicted octanol–water partition coefficient (Wildman–Crippen LogP) is 4.96. The quantitative estimate of drug-likeness (QED) is 0.602. The van der Waals surface area contributed by atoms with E-state index in [4.69, 9.17) is 0 Å². The van der Waals surface area contributed by atoms with Gasteiger partial charge in [0.15, 0.2) is 0 Å². The molecule has 0 bridgehead atoms. The van der Waals surface area contributed by atoms with Gasteiger partial charge in [-0.05, 0) is 48.8 Å². The van der Waals surface area contributed by atoms with Crippen molar-refractivity contribution in [2.24, 2.45) is 5.92 Å². The zero-order valence-electron chi connectivity index (χ0n) is 15.6. The molecule has 0 spiro atoms. The predicted molar refractivity (Wildman–Crippen MR) is 103 cm³/mol. The fourth-order valence-electron chi connectivity index (χ4n) is 3.60. The maximum absolute atomic E-state index is 12.9. The first-order chi connectivity index (χ1) is 13.0. The lowest BCUT2D eigenvalue weighted by molar-refractivity contribution is -0.110. The van der Waals surface area contributed by atoms with Crippen LogP contribution in [-0.4, -0.2) is 12.5 Å². The van der Waals surface area contributed by atoms with Crippen molar-refractivity contribution in [1.82, 2.24) is 10.6 Å². The number of dihydropyridines is 1. The summed E-state index contributed by atoms with van der Waals surface area (Å²) < 4.78 is 25.8. The number of nitrogens with one attached hydrogen (secondary N) is 2. The van der Waals surface area contributed by atoms with Gasteiger partial charge in [0.1, 0.15) is 0 Å². The monoisotopic (exact) mass is 372 g/mol. The number of amides is 1. The highest BCUT2D eigenvalue weighted by atomic mass is 19.3. The van der Waals surface area contributed by atoms with E-state index in [1.807, 2.05) is 6.92 Å². The summed E-state index contributed by atoms with van der Waals surface area (Å²) in [7, 11) is 0. The Hall–Kier alpha value is -2.43. The molecule has 2 aliphatic rings. The van der Waals surface area contributed by atoms with E-state index >= 15 is 0 Å². The highest BCUT2D eigenvalue weighted by molar-refractivity contribution is 5.47. The van der Waals surface area contributed by atoms with Gasteiger partial charge in [-0.3, -0.25) is 4.79 Å². The first kappa shape index (κ1) is 19.3. The van der Waals surface area contributed by atoms with E-state index in [0.717, 1.165) is 29.8 Å². The third-order valence-electron chi connectivity index (χ3n) is 5.39. The maximum atomic E-state index is 12.9. The van der Waals surface area contributed by atoms with Crippen molar-refractivity contribution in [2.45, 2.75) is 51.0 Å². The van der Waals surface area contributed by atoms with Crippen LogP contribution in [0.25, 0.3) is 0 Å². The molecular weight excluding hydrogens is 346 g/mol. The van der Waals surface area contributed by atoms with E-state index in [2.05, 4.69) is 29.4 Å². The van der Waals surface area contributed by atoms with Crippen molar-refractivity contribution in [3.8, 4) is 0 Å². The number of carbonyl (C=O) groups is 1. The number of alkyl halides is 2. The van der Waals surface area contributed by atoms with Crippen LogP contribution in [0.5, 0.6) is 0 Å². The number of hydrogen-bond acceptors (Lipinski definition) is 2. The molecule has 1 unspecified atom stereocenters. The molecule has 27 heavy (non-hydrogen) atoms. The second-order valence-electron chi connectivity index (χ2n) is 7.27. The molecule has 3 rings (SSSR count). The molecule has 0 aromatic heterocycles. The Morgan fingerprint density at radius 1 is 1.22 bits per heavy atom. The zero-order chi connectivity index (χ0) is 19.4. The van der Waals surface area contributed by atoms with E-state index in [1.54, 1.807) is 12.1 Å². The lowest BCUT2D eigenvalue weighted by atomic mass is 9.86. The molecule has 0 saturated heterocycles. The van der Waals surface area contributed by atoms with E-state index in [-0.39, 0.29) is 17.5 Å². The number of rotatable bonds is 9. The molecule has 2 N–H and O–H groups in total. The van der Waals surface area contributed by atoms with Gasteiger partial charge in [0.25, 0.3) is 6.43 Å². The molecule has 1 aromatic rings. The van der Waals surface area contributed by atoms with Gasteiger partial charge in [-0.25, -0.2) is 8.78 Å². The van der Waals surface area contributed by atoms with E-state index in [0.29, 0.717) is 12.3 Å². The SMILES string of the molecule is C=C1NC(C(C[C@@H](CC)NC=O)c2ccc(C(F)F)cc2)=CC=C1C1CC1. The fraction of sp³-hybridized carbons (Fsp3) is 0.409. The van der Waals surface area contributed by atoms with Crippen molar-refractivity contribution in [1.29, 1.82) is 0 Å². The molecule has 144 valence electrons. The molecular formula is C22H26F2N2O. The Bertz CT molecular complexity index is 748. The van der Waals surface area contributed by atoms with Gasteiger partial charge in [0, 0.05) is 28.9 Å². The lowest BCUT2D eigenvalue weighted by Crippen LogP contribution is -2.32. The van der Waals surface area contributed by atoms with E-state index in [1.165, 1.54) is 30.5 Å². The fourth-order valence-corrected chi connectivity index (χ4v) is 3.60. The highest BCUT2D eigenvalue weighted by Crippen LogP contribution is 2.41. The molecule has 1 aromatic carbocycles. The average Bonchev–Trinajstić information content (AvgIpc) is 3.50. The van der Waals surface area contributed by atoms with Crippen LogP contribution in [0, 0.1) is 5.92 Å². The largest absolute Gasteiger partial charge is 0.359 e. The van der Waals surface area contributed by atoms with Gasteiger partial charge in [0.2, 0.25) is 6.41 Å². The molecule has 0 radical (unpaired) electrons. The molecule has 2 atom stereocenters. The van der Waals surface area contributed by atoms with Crippen molar-refractivity contribution in [3.05, 3.63) is 71.1 Å². The smallest absolute Gasteiger partial charge is 0.263 e. The van der Waals surface area contributed by atoms with Crippen LogP contribution in [0.1, 0.15) is 56.1 Å². The zero-order valence-corrected chi connectivity index (χ0v) is 15.6. The van der Waals surface area contributed by atoms with E-state index < -0.39 is 6.43 Å². The van der Waals surface area contributed by atoms with Crippen LogP contribution in [0.2, 0.25) is 0 Å². The Balaban J connectivity index is 1.89. The number of carbonyl (C=O) groups excluding carboxylic acids is 1. The second kappa shape index (κ2) is 8.51. The molecule has 3 nitrogen and oxygen atoms in total. The summed E-state index contributed by atoms with van der Waals surface area (Å²) >= 11 is 0. The second-order valence-corrected chi connectivity index (χ2v) is 7.27. The Morgan fingerprint density at radius 2 is 1.89 bits per heavy atom. The summed E-state index contributed by atoms with van der Waals surface area (Å²) in [4.78, 5) is 10.9. The van der Waals surface area contributed by atoms with Crippen molar-refractivity contribution in [3.63, 3.8) is 0 Å². The van der Waals surface area contributed by atoms with Crippen molar-refractivity contribution in [2.75, 3.05) is 0 Å². The summed E-state index contributed by atoms with van der Waals surface area (Å²) in [5, 5.41) is 6.29. The van der Waals surface area contributed by atoms with Gasteiger partial charge in [-0.15, -0.1) is 0 Å². The van der Waals surface area contributed by atoms with Gasteiger partial charge in [0.05, 0.1) is 0 Å². The minimum Gasteiger partial charge on any atom is -0.359 e. The minimum absolute atomic E-state index is 0.00653. The van der Waals surface area contributed by atoms with E-state index in [9.17, 15) is 13.6 Å². The van der Waals surface area contributed by atoms with Gasteiger partial charge >= 0.3 is 0 Å². The molecule has 1 heterocycles. The third-order valence-corrected chi connectivity index (χ3v) is 5.39. The van der Waals surface area contributed by atoms with Crippen LogP contribution >= 0.6 is 0 Å². The standard InChI is InChI=1S/C22H26F2N2O/c1-3-18(25-13-27)12-20(16-6-8-17(9-7-16)22(23)24)21-11-10-19(14(2)26-21)15-4-5-15/h6-11,13,15,18,20,22,26H,2-5,12H2,1H3,(H,25,27)/t18-,20?/m1/s1. The van der Waals surface area contributed by atoms with Gasteiger partial charge in [-0.2, -0.15) is 0 Å². The average molecular weight is 372 g/mol. The topological polar surface area (TPSA) is 41.1 Å². The lowest BCUT2D eigenvalue weighted by Gasteiger charge is -2.29. The third kappa shape index (κ3) is 4.65. The van der Waals surface area contributed by atoms with Crippen LogP contribution < -0.4 is 10.6 Å². The minimum atomic E-state index is -2.48. The summed E-state index contributed by atoms with van der Waals surface area (Å²) in [6.07, 6.45) is 6.32. The summed E-state index contributed by atoms with van der Waals surface area (Å²) in [5.41, 5.74) is 4.12. The Morgan fingerprint density at radius 3 is 2.41 bits per heavy atom. The first-order valence-corrected chi connectivity index (χ1v) is 9.49. The van der Waals surface area contributed by atoms with Crippen LogP contribution in [0.15, 0.2) is 60.0 Å². The van der Waals surface area contributed by atoms with Gasteiger partial charge in [-0.1, -0.05) is 43.8 Å². The molecule has 1 aliphatic carbocycles. The molecule has 1 saturated carbocycles.